The molecule has 0 aliphatic carbocycles. The van der Waals surface area contributed by atoms with Gasteiger partial charge < -0.3 is 21.9 Å². The first-order valence-corrected chi connectivity index (χ1v) is 1.50. The van der Waals surface area contributed by atoms with Crippen LogP contribution in [0.15, 0.2) is 0 Å². The Morgan fingerprint density at radius 3 is 1.00 bits per heavy atom. The zero-order chi connectivity index (χ0) is 3.58. The van der Waals surface area contributed by atoms with Crippen LogP contribution in [0.3, 0.4) is 0 Å². The number of nitrogens with one attached hydrogen (secondary N) is 1. The van der Waals surface area contributed by atoms with Gasteiger partial charge in [0, 0.05) is 0 Å². The first-order chi connectivity index (χ1) is 1.73. The Labute approximate surface area is 55.9 Å². The summed E-state index contributed by atoms with van der Waals surface area (Å²) in [4.78, 5) is 1.42. The summed E-state index contributed by atoms with van der Waals surface area (Å²) < 4.78 is 0. The lowest BCUT2D eigenvalue weighted by molar-refractivity contribution is -0.836. The molecule has 1 N–H and O–H groups in total. The smallest absolute Gasteiger partial charge is 0.0661 e. The highest BCUT2D eigenvalue weighted by Crippen LogP contribution is 0.864. The van der Waals surface area contributed by atoms with Crippen molar-refractivity contribution in [2.24, 2.45) is 0 Å². The summed E-state index contributed by atoms with van der Waals surface area (Å²) >= 11 is 0. The summed E-state index contributed by atoms with van der Waals surface area (Å²) in [6, 6.07) is 0. The van der Waals surface area contributed by atoms with Crippen LogP contribution < -0.4 is 21.9 Å². The Kier molecular flexibility index (Phi) is 24.4. The predicted molar refractivity (Wildman–Crippen MR) is 26.0 cm³/mol. The molecule has 0 radical (unpaired) electrons. The van der Waals surface area contributed by atoms with Gasteiger partial charge in [0.2, 0.25) is 0 Å². The third-order valence-corrected chi connectivity index (χ3v) is 0. The van der Waals surface area contributed by atoms with Crippen LogP contribution in [0.25, 0.3) is 0 Å². The van der Waals surface area contributed by atoms with Crippen molar-refractivity contribution < 1.29 is 21.9 Å². The molecule has 0 spiro atoms. The lowest BCUT2D eigenvalue weighted by Crippen LogP contribution is -3.02. The Morgan fingerprint density at radius 1 is 1.00 bits per heavy atom. The van der Waals surface area contributed by atoms with Crippen molar-refractivity contribution in [3.63, 3.8) is 0 Å². The monoisotopic (exact) mass is 175 g/mol. The minimum Gasteiger partial charge on any atom is -1.00 e. The molecule has 0 aromatic carbocycles. The van der Waals surface area contributed by atoms with E-state index in [1.807, 2.05) is 0 Å². The van der Waals surface area contributed by atoms with Gasteiger partial charge in [-0.05, 0) is 0 Å². The van der Waals surface area contributed by atoms with Crippen molar-refractivity contribution in [1.29, 1.82) is 0 Å². The minimum absolute atomic E-state index is 0. The van der Waals surface area contributed by atoms with E-state index in [1.54, 1.807) is 0 Å². The Hall–Kier alpha value is 0.730. The van der Waals surface area contributed by atoms with E-state index < -0.39 is 0 Å². The average Bonchev–Trinajstić information content (AvgIpc) is 0.811. The molecule has 0 bridgehead atoms. The van der Waals surface area contributed by atoms with Crippen molar-refractivity contribution in [3.8, 4) is 0 Å². The summed E-state index contributed by atoms with van der Waals surface area (Å²) in [6.45, 7) is 0. The number of hydrogen-bond donors (Lipinski definition) is 1. The van der Waals surface area contributed by atoms with Gasteiger partial charge in [-0.2, -0.15) is 0 Å². The molecule has 3 heteroatoms. The van der Waals surface area contributed by atoms with Crippen molar-refractivity contribution in [2.75, 3.05) is 21.1 Å². The van der Waals surface area contributed by atoms with Crippen molar-refractivity contribution in [1.82, 2.24) is 0 Å². The van der Waals surface area contributed by atoms with E-state index in [0.717, 1.165) is 0 Å². The molecule has 0 rings (SSSR count). The fraction of sp³-hybridized carbons (Fsp3) is 1.00. The highest BCUT2D eigenvalue weighted by Gasteiger charge is 1.61. The van der Waals surface area contributed by atoms with Crippen LogP contribution in [0.5, 0.6) is 0 Å². The maximum atomic E-state index is 2.08. The van der Waals surface area contributed by atoms with Gasteiger partial charge in [0.05, 0.1) is 21.1 Å². The number of hydrogen-bond acceptors (Lipinski definition) is 0. The van der Waals surface area contributed by atoms with Crippen molar-refractivity contribution in [3.05, 3.63) is 0 Å². The van der Waals surface area contributed by atoms with E-state index in [2.05, 4.69) is 21.1 Å². The van der Waals surface area contributed by atoms with Crippen LogP contribution in [-0.4, -0.2) is 21.1 Å². The van der Waals surface area contributed by atoms with Gasteiger partial charge in [-0.25, -0.2) is 0 Å². The van der Waals surface area contributed by atoms with E-state index in [-0.39, 0.29) is 29.4 Å². The zero-order valence-corrected chi connectivity index (χ0v) is 6.69. The molecule has 0 fully saturated rings. The van der Waals surface area contributed by atoms with Gasteiger partial charge in [-0.1, -0.05) is 0 Å². The third-order valence-electron chi connectivity index (χ3n) is 0. The lowest BCUT2D eigenvalue weighted by atomic mass is 11.0. The van der Waals surface area contributed by atoms with Crippen LogP contribution in [0, 0.1) is 0 Å². The minimum atomic E-state index is 0. The van der Waals surface area contributed by atoms with E-state index in [1.165, 1.54) is 4.90 Å². The molecule has 0 aromatic rings. The van der Waals surface area contributed by atoms with Crippen LogP contribution in [0.1, 0.15) is 0 Å². The highest BCUT2D eigenvalue weighted by molar-refractivity contribution is 5.85. The quantitative estimate of drug-likeness (QED) is 0.386. The topological polar surface area (TPSA) is 4.44 Å². The molecule has 0 heterocycles. The second-order valence-electron chi connectivity index (χ2n) is 1.50. The summed E-state index contributed by atoms with van der Waals surface area (Å²) in [5, 5.41) is 0. The fourth-order valence-electron chi connectivity index (χ4n) is 0. The van der Waals surface area contributed by atoms with E-state index >= 15 is 0 Å². The van der Waals surface area contributed by atoms with Crippen LogP contribution in [0.4, 0.5) is 0 Å². The Balaban J connectivity index is -0.0000000450. The fourth-order valence-corrected chi connectivity index (χ4v) is 0. The highest BCUT2D eigenvalue weighted by atomic mass is 79.9. The third kappa shape index (κ3) is 123. The first-order valence-electron chi connectivity index (χ1n) is 1.50. The summed E-state index contributed by atoms with van der Waals surface area (Å²) in [6.07, 6.45) is 0. The molecule has 6 heavy (non-hydrogen) atoms. The maximum Gasteiger partial charge on any atom is 0.0661 e. The summed E-state index contributed by atoms with van der Waals surface area (Å²) in [7, 11) is 6.25. The molecule has 0 aliphatic heterocycles. The van der Waals surface area contributed by atoms with Crippen LogP contribution in [-0.2, 0) is 0 Å². The summed E-state index contributed by atoms with van der Waals surface area (Å²) in [5.41, 5.74) is 0. The normalized spacial score (nSPS) is 6.00. The van der Waals surface area contributed by atoms with Gasteiger partial charge >= 0.3 is 0 Å². The van der Waals surface area contributed by atoms with Gasteiger partial charge in [0.15, 0.2) is 0 Å². The number of halogens is 2. The molecule has 0 amide bonds. The Bertz CT molecular complexity index is 15.5. The van der Waals surface area contributed by atoms with Gasteiger partial charge in [0.1, 0.15) is 0 Å². The molecule has 0 unspecified atom stereocenters. The molecule has 0 saturated carbocycles. The second kappa shape index (κ2) is 9.21. The molecule has 0 atom stereocenters. The average molecular weight is 176 g/mol. The van der Waals surface area contributed by atoms with Crippen LogP contribution >= 0.6 is 12.4 Å². The van der Waals surface area contributed by atoms with E-state index in [4.69, 9.17) is 0 Å². The second-order valence-corrected chi connectivity index (χ2v) is 1.50. The molecule has 42 valence electrons. The predicted octanol–water partition coefficient (Wildman–Crippen LogP) is -3.81. The lowest BCUT2D eigenvalue weighted by Gasteiger charge is -1.88. The van der Waals surface area contributed by atoms with Gasteiger partial charge in [-0.15, -0.1) is 12.4 Å². The molecular weight excluding hydrogens is 165 g/mol. The zero-order valence-electron chi connectivity index (χ0n) is 4.29. The Morgan fingerprint density at radius 2 is 1.00 bits per heavy atom. The molecule has 1 nitrogen and oxygen atoms in total. The van der Waals surface area contributed by atoms with Gasteiger partial charge in [0.25, 0.3) is 0 Å². The standard InChI is InChI=1S/C3H9N.BrH.ClH/c1-4(2)3;;/h1-3H3;2*1H. The number of quaternary nitrogens is 1. The molecule has 0 aromatic heterocycles. The largest absolute Gasteiger partial charge is 1.00 e. The molecule has 0 saturated heterocycles. The SMILES string of the molecule is C[NH+](C)C.Cl.[Br-]. The van der Waals surface area contributed by atoms with Crippen molar-refractivity contribution in [2.45, 2.75) is 0 Å². The van der Waals surface area contributed by atoms with Crippen LogP contribution in [0.2, 0.25) is 0 Å². The van der Waals surface area contributed by atoms with E-state index in [9.17, 15) is 0 Å². The number of rotatable bonds is 0. The summed E-state index contributed by atoms with van der Waals surface area (Å²) in [5.74, 6) is 0. The molecule has 0 aliphatic rings. The molecular formula is C3H11BrClN. The van der Waals surface area contributed by atoms with E-state index in [0.29, 0.717) is 0 Å². The first kappa shape index (κ1) is 15.9. The van der Waals surface area contributed by atoms with Crippen molar-refractivity contribution >= 4 is 12.4 Å². The maximum absolute atomic E-state index is 2.08. The van der Waals surface area contributed by atoms with Gasteiger partial charge in [-0.3, -0.25) is 0 Å².